The van der Waals surface area contributed by atoms with E-state index in [-0.39, 0.29) is 0 Å². The lowest BCUT2D eigenvalue weighted by Crippen LogP contribution is -2.55. The third-order valence-corrected chi connectivity index (χ3v) is 5.74. The molecule has 0 fully saturated rings. The van der Waals surface area contributed by atoms with Crippen molar-refractivity contribution in [2.45, 2.75) is 32.4 Å². The van der Waals surface area contributed by atoms with Gasteiger partial charge in [-0.3, -0.25) is 19.2 Å². The van der Waals surface area contributed by atoms with E-state index in [4.69, 9.17) is 9.47 Å². The highest BCUT2D eigenvalue weighted by molar-refractivity contribution is 5.95. The molecule has 0 radical (unpaired) electrons. The van der Waals surface area contributed by atoms with Crippen molar-refractivity contribution >= 4 is 34.3 Å². The summed E-state index contributed by atoms with van der Waals surface area (Å²) in [5.41, 5.74) is 0. The van der Waals surface area contributed by atoms with E-state index in [0.29, 0.717) is 5.75 Å². The zero-order chi connectivity index (χ0) is 28.5. The van der Waals surface area contributed by atoms with Gasteiger partial charge in [-0.2, -0.15) is 4.39 Å². The standard InChI is InChI=1S/C28H28F2N2O7/c1-16(2)27(32-24(34)15-39-22-11-5-8-17-7-3-4-9-18(17)22)28(37)31-20(13-25(35)36)21(33)14-38-23-12-6-10-19(29)26(23)30/h3-12,16,20,27H,13-15H2,1-2H3,(H,31,37)(H,32,34)(H,35,36)/t20-,27-/m0/s1. The van der Waals surface area contributed by atoms with Gasteiger partial charge in [-0.15, -0.1) is 0 Å². The number of aliphatic carboxylic acids is 1. The predicted octanol–water partition coefficient (Wildman–Crippen LogP) is 3.25. The quantitative estimate of drug-likeness (QED) is 0.302. The molecule has 206 valence electrons. The van der Waals surface area contributed by atoms with Crippen LogP contribution in [-0.2, 0) is 19.2 Å². The molecule has 2 atom stereocenters. The number of carboxylic acids is 1. The Kier molecular flexibility index (Phi) is 9.91. The van der Waals surface area contributed by atoms with Crippen LogP contribution in [0.5, 0.6) is 11.5 Å². The van der Waals surface area contributed by atoms with Crippen molar-refractivity contribution in [3.63, 3.8) is 0 Å². The third kappa shape index (κ3) is 7.97. The van der Waals surface area contributed by atoms with Gasteiger partial charge < -0.3 is 25.2 Å². The molecule has 3 aromatic carbocycles. The van der Waals surface area contributed by atoms with Crippen LogP contribution in [-0.4, -0.2) is 54.0 Å². The maximum atomic E-state index is 13.8. The van der Waals surface area contributed by atoms with Crippen molar-refractivity contribution in [1.29, 1.82) is 0 Å². The first-order valence-corrected chi connectivity index (χ1v) is 12.1. The second kappa shape index (κ2) is 13.3. The highest BCUT2D eigenvalue weighted by Gasteiger charge is 2.30. The van der Waals surface area contributed by atoms with Crippen LogP contribution in [0.15, 0.2) is 60.7 Å². The molecule has 3 aromatic rings. The Bertz CT molecular complexity index is 1360. The van der Waals surface area contributed by atoms with E-state index >= 15 is 0 Å². The van der Waals surface area contributed by atoms with Gasteiger partial charge in [-0.1, -0.05) is 56.3 Å². The molecule has 0 aliphatic carbocycles. The summed E-state index contributed by atoms with van der Waals surface area (Å²) in [5, 5.41) is 15.8. The minimum Gasteiger partial charge on any atom is -0.483 e. The fraction of sp³-hybridized carbons (Fsp3) is 0.286. The molecule has 0 saturated heterocycles. The Hall–Kier alpha value is -4.54. The molecule has 0 bridgehead atoms. The number of carbonyl (C=O) groups excluding carboxylic acids is 3. The summed E-state index contributed by atoms with van der Waals surface area (Å²) >= 11 is 0. The van der Waals surface area contributed by atoms with Crippen molar-refractivity contribution < 1.29 is 42.5 Å². The molecular formula is C28H28F2N2O7. The SMILES string of the molecule is CC(C)[C@H](NC(=O)COc1cccc2ccccc12)C(=O)N[C@@H](CC(=O)O)C(=O)COc1cccc(F)c1F. The van der Waals surface area contributed by atoms with Crippen LogP contribution in [0.3, 0.4) is 0 Å². The zero-order valence-electron chi connectivity index (χ0n) is 21.3. The molecule has 0 saturated carbocycles. The summed E-state index contributed by atoms with van der Waals surface area (Å²) < 4.78 is 37.9. The number of halogens is 2. The van der Waals surface area contributed by atoms with Gasteiger partial charge in [0.1, 0.15) is 24.4 Å². The molecule has 9 nitrogen and oxygen atoms in total. The van der Waals surface area contributed by atoms with Crippen LogP contribution in [0.4, 0.5) is 8.78 Å². The van der Waals surface area contributed by atoms with Gasteiger partial charge in [0, 0.05) is 5.39 Å². The highest BCUT2D eigenvalue weighted by atomic mass is 19.2. The van der Waals surface area contributed by atoms with Gasteiger partial charge in [0.05, 0.1) is 6.42 Å². The Morgan fingerprint density at radius 1 is 0.846 bits per heavy atom. The Morgan fingerprint density at radius 2 is 1.49 bits per heavy atom. The zero-order valence-corrected chi connectivity index (χ0v) is 21.3. The van der Waals surface area contributed by atoms with Gasteiger partial charge >= 0.3 is 5.97 Å². The average Bonchev–Trinajstić information content (AvgIpc) is 2.90. The van der Waals surface area contributed by atoms with E-state index in [2.05, 4.69) is 10.6 Å². The lowest BCUT2D eigenvalue weighted by Gasteiger charge is -2.24. The molecule has 0 aliphatic rings. The number of fused-ring (bicyclic) bond motifs is 1. The number of ether oxygens (including phenoxy) is 2. The van der Waals surface area contributed by atoms with Crippen LogP contribution in [0, 0.1) is 17.6 Å². The first kappa shape index (κ1) is 29.0. The molecule has 0 heterocycles. The van der Waals surface area contributed by atoms with Crippen LogP contribution in [0.25, 0.3) is 10.8 Å². The van der Waals surface area contributed by atoms with Crippen LogP contribution >= 0.6 is 0 Å². The summed E-state index contributed by atoms with van der Waals surface area (Å²) in [4.78, 5) is 49.6. The summed E-state index contributed by atoms with van der Waals surface area (Å²) in [6, 6.07) is 13.3. The number of nitrogens with one attached hydrogen (secondary N) is 2. The largest absolute Gasteiger partial charge is 0.483 e. The van der Waals surface area contributed by atoms with E-state index in [1.807, 2.05) is 30.3 Å². The molecule has 39 heavy (non-hydrogen) atoms. The molecule has 3 N–H and O–H groups in total. The summed E-state index contributed by atoms with van der Waals surface area (Å²) in [7, 11) is 0. The minimum absolute atomic E-state index is 0.394. The molecule has 0 unspecified atom stereocenters. The summed E-state index contributed by atoms with van der Waals surface area (Å²) in [6.07, 6.45) is -0.789. The lowest BCUT2D eigenvalue weighted by molar-refractivity contribution is -0.141. The summed E-state index contributed by atoms with van der Waals surface area (Å²) in [5.74, 6) is -6.68. The predicted molar refractivity (Wildman–Crippen MR) is 137 cm³/mol. The second-order valence-corrected chi connectivity index (χ2v) is 9.02. The number of ketones is 1. The normalized spacial score (nSPS) is 12.4. The lowest BCUT2D eigenvalue weighted by atomic mass is 10.0. The van der Waals surface area contributed by atoms with Gasteiger partial charge in [-0.25, -0.2) is 4.39 Å². The molecule has 11 heteroatoms. The van der Waals surface area contributed by atoms with Gasteiger partial charge in [-0.05, 0) is 29.5 Å². The highest BCUT2D eigenvalue weighted by Crippen LogP contribution is 2.25. The molecule has 3 rings (SSSR count). The van der Waals surface area contributed by atoms with E-state index < -0.39 is 78.6 Å². The van der Waals surface area contributed by atoms with E-state index in [0.717, 1.165) is 22.9 Å². The van der Waals surface area contributed by atoms with Gasteiger partial charge in [0.25, 0.3) is 5.91 Å². The monoisotopic (exact) mass is 542 g/mol. The van der Waals surface area contributed by atoms with Crippen molar-refractivity contribution in [2.24, 2.45) is 5.92 Å². The van der Waals surface area contributed by atoms with E-state index in [9.17, 15) is 33.1 Å². The molecule has 0 spiro atoms. The topological polar surface area (TPSA) is 131 Å². The summed E-state index contributed by atoms with van der Waals surface area (Å²) in [6.45, 7) is 2.09. The minimum atomic E-state index is -1.54. The van der Waals surface area contributed by atoms with Crippen LogP contribution in [0.1, 0.15) is 20.3 Å². The Balaban J connectivity index is 1.63. The van der Waals surface area contributed by atoms with Crippen molar-refractivity contribution in [1.82, 2.24) is 10.6 Å². The Morgan fingerprint density at radius 3 is 2.21 bits per heavy atom. The van der Waals surface area contributed by atoms with E-state index in [1.54, 1.807) is 26.0 Å². The van der Waals surface area contributed by atoms with E-state index in [1.165, 1.54) is 6.07 Å². The smallest absolute Gasteiger partial charge is 0.305 e. The third-order valence-electron chi connectivity index (χ3n) is 5.74. The average molecular weight is 543 g/mol. The first-order valence-electron chi connectivity index (χ1n) is 12.1. The molecule has 0 aliphatic heterocycles. The number of hydrogen-bond acceptors (Lipinski definition) is 6. The van der Waals surface area contributed by atoms with Gasteiger partial charge in [0.15, 0.2) is 24.0 Å². The number of hydrogen-bond donors (Lipinski definition) is 3. The van der Waals surface area contributed by atoms with Gasteiger partial charge in [0.2, 0.25) is 11.7 Å². The Labute approximate surface area is 223 Å². The van der Waals surface area contributed by atoms with Crippen molar-refractivity contribution in [3.8, 4) is 11.5 Å². The molecular weight excluding hydrogens is 514 g/mol. The second-order valence-electron chi connectivity index (χ2n) is 9.02. The maximum Gasteiger partial charge on any atom is 0.305 e. The number of rotatable bonds is 13. The van der Waals surface area contributed by atoms with Crippen molar-refractivity contribution in [3.05, 3.63) is 72.3 Å². The number of benzene rings is 3. The maximum absolute atomic E-state index is 13.8. The fourth-order valence-corrected chi connectivity index (χ4v) is 3.74. The number of carbonyl (C=O) groups is 4. The van der Waals surface area contributed by atoms with Crippen LogP contribution in [0.2, 0.25) is 0 Å². The van der Waals surface area contributed by atoms with Crippen molar-refractivity contribution in [2.75, 3.05) is 13.2 Å². The molecule has 2 amide bonds. The first-order chi connectivity index (χ1) is 18.6. The number of Topliss-reactive ketones (excluding diaryl/α,β-unsaturated/α-hetero) is 1. The fourth-order valence-electron chi connectivity index (χ4n) is 3.74. The number of carboxylic acid groups (broad SMARTS) is 1. The van der Waals surface area contributed by atoms with Crippen LogP contribution < -0.4 is 20.1 Å². The molecule has 0 aromatic heterocycles. The number of amides is 2.